The molecule has 0 spiro atoms. The molecule has 5 nitrogen and oxygen atoms in total. The van der Waals surface area contributed by atoms with E-state index in [9.17, 15) is 9.59 Å². The van der Waals surface area contributed by atoms with E-state index >= 15 is 0 Å². The minimum atomic E-state index is -0.901. The zero-order chi connectivity index (χ0) is 16.7. The summed E-state index contributed by atoms with van der Waals surface area (Å²) in [6, 6.07) is 16.3. The topological polar surface area (TPSA) is 75.6 Å². The zero-order valence-electron chi connectivity index (χ0n) is 12.9. The van der Waals surface area contributed by atoms with Crippen LogP contribution < -0.4 is 10.1 Å². The lowest BCUT2D eigenvalue weighted by Crippen LogP contribution is -2.22. The van der Waals surface area contributed by atoms with Crippen LogP contribution in [0.25, 0.3) is 0 Å². The minimum absolute atomic E-state index is 0.0921. The molecule has 0 aromatic heterocycles. The highest BCUT2D eigenvalue weighted by Crippen LogP contribution is 2.13. The van der Waals surface area contributed by atoms with Crippen molar-refractivity contribution in [2.45, 2.75) is 13.5 Å². The molecule has 1 atom stereocenters. The van der Waals surface area contributed by atoms with Crippen molar-refractivity contribution in [1.82, 2.24) is 5.32 Å². The van der Waals surface area contributed by atoms with Gasteiger partial charge in [0.15, 0.2) is 0 Å². The fourth-order valence-corrected chi connectivity index (χ4v) is 1.88. The van der Waals surface area contributed by atoms with Crippen LogP contribution in [0.4, 0.5) is 0 Å². The lowest BCUT2D eigenvalue weighted by molar-refractivity contribution is -0.142. The van der Waals surface area contributed by atoms with Crippen LogP contribution in [0.2, 0.25) is 0 Å². The van der Waals surface area contributed by atoms with Gasteiger partial charge in [-0.2, -0.15) is 0 Å². The van der Waals surface area contributed by atoms with Crippen LogP contribution in [-0.2, 0) is 11.3 Å². The first-order valence-corrected chi connectivity index (χ1v) is 7.34. The summed E-state index contributed by atoms with van der Waals surface area (Å²) >= 11 is 0. The highest BCUT2D eigenvalue weighted by Gasteiger charge is 2.11. The third-order valence-electron chi connectivity index (χ3n) is 3.33. The summed E-state index contributed by atoms with van der Waals surface area (Å²) in [4.78, 5) is 22.8. The Balaban J connectivity index is 1.86. The van der Waals surface area contributed by atoms with Crippen molar-refractivity contribution in [2.75, 3.05) is 6.61 Å². The molecule has 0 heterocycles. The van der Waals surface area contributed by atoms with E-state index in [1.54, 1.807) is 31.2 Å². The fourth-order valence-electron chi connectivity index (χ4n) is 1.88. The Bertz CT molecular complexity index is 652. The van der Waals surface area contributed by atoms with Gasteiger partial charge in [-0.25, -0.2) is 0 Å². The van der Waals surface area contributed by atoms with Crippen molar-refractivity contribution in [3.8, 4) is 5.75 Å². The van der Waals surface area contributed by atoms with Gasteiger partial charge in [0, 0.05) is 12.1 Å². The molecule has 2 rings (SSSR count). The maximum atomic E-state index is 12.1. The van der Waals surface area contributed by atoms with E-state index in [-0.39, 0.29) is 12.5 Å². The average molecular weight is 313 g/mol. The maximum Gasteiger partial charge on any atom is 0.309 e. The molecule has 0 aliphatic rings. The Hall–Kier alpha value is -2.82. The van der Waals surface area contributed by atoms with E-state index in [0.29, 0.717) is 17.9 Å². The van der Waals surface area contributed by atoms with Gasteiger partial charge in [-0.1, -0.05) is 30.3 Å². The number of hydrogen-bond acceptors (Lipinski definition) is 3. The molecule has 0 aliphatic heterocycles. The third kappa shape index (κ3) is 5.14. The van der Waals surface area contributed by atoms with Crippen LogP contribution in [0.3, 0.4) is 0 Å². The van der Waals surface area contributed by atoms with Crippen molar-refractivity contribution >= 4 is 11.9 Å². The van der Waals surface area contributed by atoms with E-state index < -0.39 is 11.9 Å². The molecule has 2 aromatic carbocycles. The number of carboxylic acids is 1. The summed E-state index contributed by atoms with van der Waals surface area (Å²) in [5.74, 6) is -1.11. The van der Waals surface area contributed by atoms with Crippen LogP contribution in [-0.4, -0.2) is 23.6 Å². The van der Waals surface area contributed by atoms with Crippen LogP contribution in [0.5, 0.6) is 5.75 Å². The van der Waals surface area contributed by atoms with Gasteiger partial charge in [-0.15, -0.1) is 0 Å². The molecule has 0 aliphatic carbocycles. The highest BCUT2D eigenvalue weighted by molar-refractivity contribution is 5.94. The molecule has 1 amide bonds. The molecular formula is C18H19NO4. The van der Waals surface area contributed by atoms with Gasteiger partial charge in [0.2, 0.25) is 0 Å². The molecule has 0 saturated carbocycles. The normalized spacial score (nSPS) is 11.5. The zero-order valence-corrected chi connectivity index (χ0v) is 12.9. The number of nitrogens with one attached hydrogen (secondary N) is 1. The SMILES string of the molecule is CC(COc1ccc(C(=O)NCc2ccccc2)cc1)C(=O)O. The second kappa shape index (κ2) is 7.98. The number of rotatable bonds is 7. The molecule has 5 heteroatoms. The second-order valence-electron chi connectivity index (χ2n) is 5.24. The molecule has 0 saturated heterocycles. The van der Waals surface area contributed by atoms with Gasteiger partial charge in [0.1, 0.15) is 12.4 Å². The number of benzene rings is 2. The summed E-state index contributed by atoms with van der Waals surface area (Å²) in [6.07, 6.45) is 0. The maximum absolute atomic E-state index is 12.1. The van der Waals surface area contributed by atoms with Crippen molar-refractivity contribution < 1.29 is 19.4 Å². The lowest BCUT2D eigenvalue weighted by atomic mass is 10.2. The second-order valence-corrected chi connectivity index (χ2v) is 5.24. The first-order valence-electron chi connectivity index (χ1n) is 7.34. The molecule has 1 unspecified atom stereocenters. The number of carboxylic acid groups (broad SMARTS) is 1. The number of aliphatic carboxylic acids is 1. The van der Waals surface area contributed by atoms with Gasteiger partial charge < -0.3 is 15.2 Å². The number of amides is 1. The molecule has 0 bridgehead atoms. The van der Waals surface area contributed by atoms with Gasteiger partial charge in [0.05, 0.1) is 5.92 Å². The molecule has 120 valence electrons. The van der Waals surface area contributed by atoms with Gasteiger partial charge in [0.25, 0.3) is 5.91 Å². The fraction of sp³-hybridized carbons (Fsp3) is 0.222. The molecule has 0 fully saturated rings. The van der Waals surface area contributed by atoms with Gasteiger partial charge >= 0.3 is 5.97 Å². The van der Waals surface area contributed by atoms with E-state index in [1.807, 2.05) is 30.3 Å². The van der Waals surface area contributed by atoms with Gasteiger partial charge in [-0.3, -0.25) is 9.59 Å². The predicted octanol–water partition coefficient (Wildman–Crippen LogP) is 2.72. The Morgan fingerprint density at radius 1 is 1.09 bits per heavy atom. The Morgan fingerprint density at radius 2 is 1.74 bits per heavy atom. The monoisotopic (exact) mass is 313 g/mol. The molecule has 2 aromatic rings. The molecular weight excluding hydrogens is 294 g/mol. The molecule has 0 radical (unpaired) electrons. The Kier molecular flexibility index (Phi) is 5.74. The van der Waals surface area contributed by atoms with Crippen molar-refractivity contribution in [3.63, 3.8) is 0 Å². The van der Waals surface area contributed by atoms with Crippen LogP contribution >= 0.6 is 0 Å². The third-order valence-corrected chi connectivity index (χ3v) is 3.33. The summed E-state index contributed by atoms with van der Waals surface area (Å²) in [5.41, 5.74) is 1.56. The van der Waals surface area contributed by atoms with E-state index in [0.717, 1.165) is 5.56 Å². The van der Waals surface area contributed by atoms with Crippen LogP contribution in [0, 0.1) is 5.92 Å². The quantitative estimate of drug-likeness (QED) is 0.824. The summed E-state index contributed by atoms with van der Waals surface area (Å²) in [7, 11) is 0. The minimum Gasteiger partial charge on any atom is -0.493 e. The van der Waals surface area contributed by atoms with Crippen LogP contribution in [0.1, 0.15) is 22.8 Å². The van der Waals surface area contributed by atoms with Crippen molar-refractivity contribution in [2.24, 2.45) is 5.92 Å². The van der Waals surface area contributed by atoms with Crippen molar-refractivity contribution in [3.05, 3.63) is 65.7 Å². The summed E-state index contributed by atoms with van der Waals surface area (Å²) in [6.45, 7) is 2.14. The number of ether oxygens (including phenoxy) is 1. The highest BCUT2D eigenvalue weighted by atomic mass is 16.5. The average Bonchev–Trinajstić information content (AvgIpc) is 2.58. The molecule has 23 heavy (non-hydrogen) atoms. The number of hydrogen-bond donors (Lipinski definition) is 2. The van der Waals surface area contributed by atoms with Crippen LogP contribution in [0.15, 0.2) is 54.6 Å². The smallest absolute Gasteiger partial charge is 0.309 e. The summed E-state index contributed by atoms with van der Waals surface area (Å²) in [5, 5.41) is 11.6. The van der Waals surface area contributed by atoms with Gasteiger partial charge in [-0.05, 0) is 36.8 Å². The van der Waals surface area contributed by atoms with E-state index in [4.69, 9.17) is 9.84 Å². The molecule has 2 N–H and O–H groups in total. The van der Waals surface area contributed by atoms with Crippen molar-refractivity contribution in [1.29, 1.82) is 0 Å². The van der Waals surface area contributed by atoms with E-state index in [2.05, 4.69) is 5.32 Å². The lowest BCUT2D eigenvalue weighted by Gasteiger charge is -2.10. The Labute approximate surface area is 134 Å². The standard InChI is InChI=1S/C18H19NO4/c1-13(18(21)22)12-23-16-9-7-15(8-10-16)17(20)19-11-14-5-3-2-4-6-14/h2-10,13H,11-12H2,1H3,(H,19,20)(H,21,22). The Morgan fingerprint density at radius 3 is 2.35 bits per heavy atom. The van der Waals surface area contributed by atoms with E-state index in [1.165, 1.54) is 0 Å². The predicted molar refractivity (Wildman–Crippen MR) is 86.3 cm³/mol. The summed E-state index contributed by atoms with van der Waals surface area (Å²) < 4.78 is 5.38. The largest absolute Gasteiger partial charge is 0.493 e. The number of carbonyl (C=O) groups excluding carboxylic acids is 1. The number of carbonyl (C=O) groups is 2. The first-order chi connectivity index (χ1) is 11.1. The first kappa shape index (κ1) is 16.5.